The van der Waals surface area contributed by atoms with Crippen LogP contribution in [0.15, 0.2) is 82.2 Å². The minimum Gasteiger partial charge on any atom is -0.493 e. The van der Waals surface area contributed by atoms with Crippen LogP contribution in [-0.4, -0.2) is 30.2 Å². The Bertz CT molecular complexity index is 1550. The highest BCUT2D eigenvalue weighted by atomic mass is 32.1. The van der Waals surface area contributed by atoms with Crippen molar-refractivity contribution >= 4 is 29.4 Å². The van der Waals surface area contributed by atoms with E-state index in [0.717, 1.165) is 5.56 Å². The van der Waals surface area contributed by atoms with Gasteiger partial charge in [-0.1, -0.05) is 60.4 Å². The molecule has 0 saturated carbocycles. The van der Waals surface area contributed by atoms with Gasteiger partial charge in [0.1, 0.15) is 6.61 Å². The van der Waals surface area contributed by atoms with E-state index in [1.807, 2.05) is 30.3 Å². The Hall–Kier alpha value is -4.24. The minimum absolute atomic E-state index is 0.0483. The molecule has 0 spiro atoms. The Labute approximate surface area is 211 Å². The standard InChI is InChI=1S/C27H24N2O6S/c1-5-13-34-26(32)23-16(2)28-27-29(24(23)19-9-7-6-8-10-19)25(31)22(36-27)15-18-11-12-20(35-17(3)30)21(14-18)33-4/h5-12,14-15,24H,1,13H2,2-4H3/b22-15+/t24-/m1/s1. The molecule has 0 radical (unpaired) electrons. The van der Waals surface area contributed by atoms with E-state index in [-0.39, 0.29) is 17.9 Å². The van der Waals surface area contributed by atoms with Crippen LogP contribution in [0.3, 0.4) is 0 Å². The van der Waals surface area contributed by atoms with E-state index in [2.05, 4.69) is 11.6 Å². The summed E-state index contributed by atoms with van der Waals surface area (Å²) < 4.78 is 17.8. The van der Waals surface area contributed by atoms with Crippen molar-refractivity contribution in [2.45, 2.75) is 19.9 Å². The summed E-state index contributed by atoms with van der Waals surface area (Å²) in [4.78, 5) is 43.0. The van der Waals surface area contributed by atoms with Crippen molar-refractivity contribution in [3.8, 4) is 11.5 Å². The Morgan fingerprint density at radius 3 is 2.58 bits per heavy atom. The number of esters is 2. The average molecular weight is 505 g/mol. The van der Waals surface area contributed by atoms with Crippen molar-refractivity contribution in [2.75, 3.05) is 13.7 Å². The lowest BCUT2D eigenvalue weighted by Crippen LogP contribution is -2.39. The number of carbonyl (C=O) groups excluding carboxylic acids is 2. The highest BCUT2D eigenvalue weighted by Gasteiger charge is 2.33. The van der Waals surface area contributed by atoms with Gasteiger partial charge in [-0.15, -0.1) is 0 Å². The molecule has 2 heterocycles. The molecule has 9 heteroatoms. The molecule has 4 rings (SSSR count). The van der Waals surface area contributed by atoms with Crippen LogP contribution in [0.4, 0.5) is 0 Å². The fraction of sp³-hybridized carbons (Fsp3) is 0.185. The van der Waals surface area contributed by atoms with Crippen molar-refractivity contribution in [1.82, 2.24) is 4.57 Å². The topological polar surface area (TPSA) is 96.2 Å². The second kappa shape index (κ2) is 10.6. The molecule has 0 N–H and O–H groups in total. The molecule has 0 unspecified atom stereocenters. The van der Waals surface area contributed by atoms with Gasteiger partial charge in [0, 0.05) is 6.92 Å². The monoisotopic (exact) mass is 504 g/mol. The number of allylic oxidation sites excluding steroid dienone is 1. The summed E-state index contributed by atoms with van der Waals surface area (Å²) in [5.41, 5.74) is 1.92. The molecule has 1 aliphatic heterocycles. The van der Waals surface area contributed by atoms with Crippen LogP contribution in [0.1, 0.15) is 31.0 Å². The fourth-order valence-electron chi connectivity index (χ4n) is 3.91. The molecule has 0 amide bonds. The summed E-state index contributed by atoms with van der Waals surface area (Å²) in [6.07, 6.45) is 3.20. The number of aromatic nitrogens is 1. The van der Waals surface area contributed by atoms with E-state index in [9.17, 15) is 14.4 Å². The lowest BCUT2D eigenvalue weighted by Gasteiger charge is -2.24. The summed E-state index contributed by atoms with van der Waals surface area (Å²) in [5, 5.41) is 0. The second-order valence-electron chi connectivity index (χ2n) is 7.88. The molecule has 3 aromatic rings. The highest BCUT2D eigenvalue weighted by molar-refractivity contribution is 7.07. The van der Waals surface area contributed by atoms with Gasteiger partial charge in [-0.3, -0.25) is 14.2 Å². The normalized spacial score (nSPS) is 15.1. The zero-order chi connectivity index (χ0) is 25.8. The van der Waals surface area contributed by atoms with Gasteiger partial charge in [-0.25, -0.2) is 9.79 Å². The summed E-state index contributed by atoms with van der Waals surface area (Å²) in [5.74, 6) is -0.374. The Morgan fingerprint density at radius 1 is 1.17 bits per heavy atom. The van der Waals surface area contributed by atoms with Crippen LogP contribution >= 0.6 is 11.3 Å². The number of hydrogen-bond donors (Lipinski definition) is 0. The van der Waals surface area contributed by atoms with Crippen LogP contribution in [-0.2, 0) is 14.3 Å². The average Bonchev–Trinajstić information content (AvgIpc) is 3.16. The third-order valence-corrected chi connectivity index (χ3v) is 6.41. The summed E-state index contributed by atoms with van der Waals surface area (Å²) >= 11 is 1.22. The van der Waals surface area contributed by atoms with Gasteiger partial charge in [0.25, 0.3) is 5.56 Å². The first-order valence-electron chi connectivity index (χ1n) is 11.1. The SMILES string of the molecule is C=CCOC(=O)C1=C(C)N=c2s/c(=C/c3ccc(OC(C)=O)c(OC)c3)c(=O)n2[C@@H]1c1ccccc1. The maximum Gasteiger partial charge on any atom is 0.338 e. The molecule has 36 heavy (non-hydrogen) atoms. The first-order chi connectivity index (χ1) is 17.3. The van der Waals surface area contributed by atoms with Gasteiger partial charge in [-0.05, 0) is 36.3 Å². The lowest BCUT2D eigenvalue weighted by molar-refractivity contribution is -0.138. The van der Waals surface area contributed by atoms with Gasteiger partial charge in [-0.2, -0.15) is 0 Å². The van der Waals surface area contributed by atoms with E-state index >= 15 is 0 Å². The van der Waals surface area contributed by atoms with Crippen molar-refractivity contribution < 1.29 is 23.8 Å². The first-order valence-corrected chi connectivity index (χ1v) is 11.9. The van der Waals surface area contributed by atoms with Crippen LogP contribution in [0, 0.1) is 0 Å². The third-order valence-electron chi connectivity index (χ3n) is 5.43. The predicted molar refractivity (Wildman–Crippen MR) is 136 cm³/mol. The van der Waals surface area contributed by atoms with E-state index in [0.29, 0.717) is 31.9 Å². The maximum atomic E-state index is 13.6. The Kier molecular flexibility index (Phi) is 7.30. The molecule has 1 aliphatic rings. The zero-order valence-electron chi connectivity index (χ0n) is 20.0. The number of benzene rings is 2. The number of fused-ring (bicyclic) bond motifs is 1. The molecular formula is C27H24N2O6S. The number of nitrogens with zero attached hydrogens (tertiary/aromatic N) is 2. The molecule has 0 aliphatic carbocycles. The molecule has 0 bridgehead atoms. The van der Waals surface area contributed by atoms with Crippen molar-refractivity contribution in [3.63, 3.8) is 0 Å². The quantitative estimate of drug-likeness (QED) is 0.279. The molecule has 8 nitrogen and oxygen atoms in total. The first kappa shape index (κ1) is 24.9. The van der Waals surface area contributed by atoms with Gasteiger partial charge in [0.2, 0.25) is 0 Å². The number of hydrogen-bond acceptors (Lipinski definition) is 8. The number of carbonyl (C=O) groups is 2. The Balaban J connectivity index is 1.87. The van der Waals surface area contributed by atoms with Crippen LogP contribution in [0.5, 0.6) is 11.5 Å². The maximum absolute atomic E-state index is 13.6. The van der Waals surface area contributed by atoms with Crippen LogP contribution < -0.4 is 24.4 Å². The van der Waals surface area contributed by atoms with Gasteiger partial charge >= 0.3 is 11.9 Å². The van der Waals surface area contributed by atoms with Gasteiger partial charge in [0.05, 0.1) is 29.0 Å². The van der Waals surface area contributed by atoms with Gasteiger partial charge < -0.3 is 14.2 Å². The number of methoxy groups -OCH3 is 1. The highest BCUT2D eigenvalue weighted by Crippen LogP contribution is 2.31. The van der Waals surface area contributed by atoms with Crippen LogP contribution in [0.2, 0.25) is 0 Å². The minimum atomic E-state index is -0.692. The number of thiazole rings is 1. The molecule has 184 valence electrons. The summed E-state index contributed by atoms with van der Waals surface area (Å²) in [6.45, 7) is 6.68. The largest absolute Gasteiger partial charge is 0.493 e. The fourth-order valence-corrected chi connectivity index (χ4v) is 4.96. The summed E-state index contributed by atoms with van der Waals surface area (Å²) in [7, 11) is 1.47. The zero-order valence-corrected chi connectivity index (χ0v) is 20.8. The number of rotatable bonds is 7. The smallest absolute Gasteiger partial charge is 0.338 e. The van der Waals surface area contributed by atoms with E-state index in [4.69, 9.17) is 14.2 Å². The molecule has 0 saturated heterocycles. The van der Waals surface area contributed by atoms with E-state index < -0.39 is 18.0 Å². The van der Waals surface area contributed by atoms with Crippen LogP contribution in [0.25, 0.3) is 6.08 Å². The van der Waals surface area contributed by atoms with Gasteiger partial charge in [0.15, 0.2) is 16.3 Å². The summed E-state index contributed by atoms with van der Waals surface area (Å²) in [6, 6.07) is 13.6. The molecule has 1 aromatic heterocycles. The van der Waals surface area contributed by atoms with Crippen molar-refractivity contribution in [1.29, 1.82) is 0 Å². The molecular weight excluding hydrogens is 480 g/mol. The Morgan fingerprint density at radius 2 is 1.92 bits per heavy atom. The molecule has 2 aromatic carbocycles. The second-order valence-corrected chi connectivity index (χ2v) is 8.89. The predicted octanol–water partition coefficient (Wildman–Crippen LogP) is 2.90. The number of ether oxygens (including phenoxy) is 3. The third kappa shape index (κ3) is 4.92. The van der Waals surface area contributed by atoms with Crippen molar-refractivity contribution in [3.05, 3.63) is 103 Å². The van der Waals surface area contributed by atoms with E-state index in [1.165, 1.54) is 36.0 Å². The van der Waals surface area contributed by atoms with Crippen molar-refractivity contribution in [2.24, 2.45) is 4.99 Å². The molecule has 1 atom stereocenters. The molecule has 0 fully saturated rings. The van der Waals surface area contributed by atoms with E-state index in [1.54, 1.807) is 31.2 Å². The lowest BCUT2D eigenvalue weighted by atomic mass is 9.96.